The molecule has 104 valence electrons. The van der Waals surface area contributed by atoms with Crippen LogP contribution >= 0.6 is 0 Å². The number of aliphatic hydroxyl groups is 1. The molecule has 0 spiro atoms. The first kappa shape index (κ1) is 13.7. The van der Waals surface area contributed by atoms with Gasteiger partial charge in [0.15, 0.2) is 0 Å². The van der Waals surface area contributed by atoms with Crippen LogP contribution in [-0.2, 0) is 0 Å². The van der Waals surface area contributed by atoms with Crippen molar-refractivity contribution in [2.75, 3.05) is 6.54 Å². The Labute approximate surface area is 109 Å². The normalized spacial score (nSPS) is 16.8. The fourth-order valence-corrected chi connectivity index (χ4v) is 1.92. The maximum atomic E-state index is 12.1. The van der Waals surface area contributed by atoms with Crippen LogP contribution in [0.5, 0.6) is 5.75 Å². The molecule has 0 heterocycles. The lowest BCUT2D eigenvalue weighted by Gasteiger charge is -2.36. The number of carbonyl (C=O) groups excluding carboxylic acids is 1. The summed E-state index contributed by atoms with van der Waals surface area (Å²) in [7, 11) is 0. The number of halogens is 2. The maximum Gasteiger partial charge on any atom is 0.387 e. The zero-order valence-electron chi connectivity index (χ0n) is 10.2. The summed E-state index contributed by atoms with van der Waals surface area (Å²) in [5, 5.41) is 12.4. The molecule has 0 bridgehead atoms. The van der Waals surface area contributed by atoms with Gasteiger partial charge in [-0.25, -0.2) is 0 Å². The van der Waals surface area contributed by atoms with E-state index < -0.39 is 18.1 Å². The molecular formula is C13H15F2NO3. The highest BCUT2D eigenvalue weighted by atomic mass is 19.3. The standard InChI is InChI=1S/C13H15F2NO3/c14-12(15)19-10-4-1-3-9(7-10)11(17)16-8-13(18)5-2-6-13/h1,3-4,7,12,18H,2,5-6,8H2,(H,16,17). The molecule has 1 aromatic rings. The number of ether oxygens (including phenoxy) is 1. The number of alkyl halides is 2. The fourth-order valence-electron chi connectivity index (χ4n) is 1.92. The number of carbonyl (C=O) groups is 1. The van der Waals surface area contributed by atoms with Gasteiger partial charge in [0.05, 0.1) is 5.60 Å². The van der Waals surface area contributed by atoms with Gasteiger partial charge in [-0.15, -0.1) is 0 Å². The molecule has 2 N–H and O–H groups in total. The van der Waals surface area contributed by atoms with E-state index >= 15 is 0 Å². The number of amides is 1. The molecule has 1 amide bonds. The van der Waals surface area contributed by atoms with Crippen molar-refractivity contribution in [2.45, 2.75) is 31.5 Å². The second-order valence-electron chi connectivity index (χ2n) is 4.67. The van der Waals surface area contributed by atoms with Crippen LogP contribution in [0.3, 0.4) is 0 Å². The van der Waals surface area contributed by atoms with Gasteiger partial charge in [0, 0.05) is 12.1 Å². The Bertz CT molecular complexity index is 461. The molecule has 0 saturated heterocycles. The highest BCUT2D eigenvalue weighted by molar-refractivity contribution is 5.94. The first-order valence-electron chi connectivity index (χ1n) is 6.04. The summed E-state index contributed by atoms with van der Waals surface area (Å²) in [6, 6.07) is 5.55. The quantitative estimate of drug-likeness (QED) is 0.860. The summed E-state index contributed by atoms with van der Waals surface area (Å²) in [4.78, 5) is 11.8. The second-order valence-corrected chi connectivity index (χ2v) is 4.67. The molecule has 1 saturated carbocycles. The predicted octanol–water partition coefficient (Wildman–Crippen LogP) is 1.93. The third kappa shape index (κ3) is 3.64. The molecule has 1 fully saturated rings. The van der Waals surface area contributed by atoms with Crippen LogP contribution in [0.15, 0.2) is 24.3 Å². The van der Waals surface area contributed by atoms with E-state index in [1.807, 2.05) is 0 Å². The van der Waals surface area contributed by atoms with Gasteiger partial charge in [-0.1, -0.05) is 6.07 Å². The van der Waals surface area contributed by atoms with Crippen LogP contribution in [0.4, 0.5) is 8.78 Å². The summed E-state index contributed by atoms with van der Waals surface area (Å²) in [5.74, 6) is -0.481. The molecule has 6 heteroatoms. The van der Waals surface area contributed by atoms with Crippen LogP contribution in [0.25, 0.3) is 0 Å². The zero-order valence-corrected chi connectivity index (χ0v) is 10.2. The molecule has 1 aliphatic carbocycles. The molecule has 0 aromatic heterocycles. The third-order valence-electron chi connectivity index (χ3n) is 3.18. The third-order valence-corrected chi connectivity index (χ3v) is 3.18. The Hall–Kier alpha value is -1.69. The van der Waals surface area contributed by atoms with Crippen LogP contribution in [-0.4, -0.2) is 29.8 Å². The average molecular weight is 271 g/mol. The van der Waals surface area contributed by atoms with Crippen molar-refractivity contribution >= 4 is 5.91 Å². The largest absolute Gasteiger partial charge is 0.435 e. The number of hydrogen-bond donors (Lipinski definition) is 2. The topological polar surface area (TPSA) is 58.6 Å². The average Bonchev–Trinajstić information content (AvgIpc) is 2.33. The molecule has 0 atom stereocenters. The van der Waals surface area contributed by atoms with Gasteiger partial charge in [0.25, 0.3) is 5.91 Å². The summed E-state index contributed by atoms with van der Waals surface area (Å²) >= 11 is 0. The van der Waals surface area contributed by atoms with Crippen molar-refractivity contribution in [3.05, 3.63) is 29.8 Å². The second kappa shape index (κ2) is 5.52. The first-order chi connectivity index (χ1) is 8.98. The molecular weight excluding hydrogens is 256 g/mol. The van der Waals surface area contributed by atoms with E-state index in [1.54, 1.807) is 0 Å². The van der Waals surface area contributed by atoms with Crippen LogP contribution < -0.4 is 10.1 Å². The monoisotopic (exact) mass is 271 g/mol. The first-order valence-corrected chi connectivity index (χ1v) is 6.04. The van der Waals surface area contributed by atoms with Gasteiger partial charge in [0.1, 0.15) is 5.75 Å². The Balaban J connectivity index is 1.94. The summed E-state index contributed by atoms with van der Waals surface area (Å²) in [5.41, 5.74) is -0.590. The van der Waals surface area contributed by atoms with Gasteiger partial charge < -0.3 is 15.2 Å². The van der Waals surface area contributed by atoms with Crippen molar-refractivity contribution in [3.63, 3.8) is 0 Å². The predicted molar refractivity (Wildman–Crippen MR) is 64.2 cm³/mol. The Kier molecular flexibility index (Phi) is 3.99. The van der Waals surface area contributed by atoms with Gasteiger partial charge in [-0.05, 0) is 37.5 Å². The van der Waals surface area contributed by atoms with Crippen molar-refractivity contribution in [2.24, 2.45) is 0 Å². The smallest absolute Gasteiger partial charge is 0.387 e. The lowest BCUT2D eigenvalue weighted by Crippen LogP contribution is -2.47. The lowest BCUT2D eigenvalue weighted by molar-refractivity contribution is -0.0498. The van der Waals surface area contributed by atoms with E-state index in [1.165, 1.54) is 24.3 Å². The molecule has 0 unspecified atom stereocenters. The van der Waals surface area contributed by atoms with Crippen molar-refractivity contribution in [3.8, 4) is 5.75 Å². The molecule has 2 rings (SSSR count). The van der Waals surface area contributed by atoms with Crippen LogP contribution in [0.1, 0.15) is 29.6 Å². The van der Waals surface area contributed by atoms with Gasteiger partial charge >= 0.3 is 6.61 Å². The molecule has 1 aliphatic rings. The minimum absolute atomic E-state index is 0.0648. The Morgan fingerprint density at radius 3 is 2.79 bits per heavy atom. The summed E-state index contributed by atoms with van der Waals surface area (Å²) in [6.07, 6.45) is 2.29. The molecule has 0 radical (unpaired) electrons. The minimum atomic E-state index is -2.92. The zero-order chi connectivity index (χ0) is 13.9. The molecule has 4 nitrogen and oxygen atoms in total. The Morgan fingerprint density at radius 1 is 1.47 bits per heavy atom. The molecule has 19 heavy (non-hydrogen) atoms. The van der Waals surface area contributed by atoms with Crippen molar-refractivity contribution in [1.29, 1.82) is 0 Å². The van der Waals surface area contributed by atoms with E-state index in [0.29, 0.717) is 12.8 Å². The van der Waals surface area contributed by atoms with Crippen molar-refractivity contribution in [1.82, 2.24) is 5.32 Å². The molecule has 0 aliphatic heterocycles. The SMILES string of the molecule is O=C(NCC1(O)CCC1)c1cccc(OC(F)F)c1. The summed E-state index contributed by atoms with van der Waals surface area (Å²) in [6.45, 7) is -2.75. The van der Waals surface area contributed by atoms with Crippen molar-refractivity contribution < 1.29 is 23.4 Å². The van der Waals surface area contributed by atoms with Crippen LogP contribution in [0.2, 0.25) is 0 Å². The number of hydrogen-bond acceptors (Lipinski definition) is 3. The van der Waals surface area contributed by atoms with E-state index in [4.69, 9.17) is 0 Å². The number of rotatable bonds is 5. The van der Waals surface area contributed by atoms with Gasteiger partial charge in [0.2, 0.25) is 0 Å². The van der Waals surface area contributed by atoms with Crippen LogP contribution in [0, 0.1) is 0 Å². The fraction of sp³-hybridized carbons (Fsp3) is 0.462. The highest BCUT2D eigenvalue weighted by Crippen LogP contribution is 2.30. The highest BCUT2D eigenvalue weighted by Gasteiger charge is 2.34. The minimum Gasteiger partial charge on any atom is -0.435 e. The summed E-state index contributed by atoms with van der Waals surface area (Å²) < 4.78 is 28.3. The maximum absolute atomic E-state index is 12.1. The van der Waals surface area contributed by atoms with E-state index in [9.17, 15) is 18.7 Å². The van der Waals surface area contributed by atoms with E-state index in [0.717, 1.165) is 6.42 Å². The lowest BCUT2D eigenvalue weighted by atomic mass is 9.80. The number of benzene rings is 1. The van der Waals surface area contributed by atoms with Gasteiger partial charge in [-0.3, -0.25) is 4.79 Å². The van der Waals surface area contributed by atoms with E-state index in [-0.39, 0.29) is 17.9 Å². The Morgan fingerprint density at radius 2 is 2.21 bits per heavy atom. The number of nitrogens with one attached hydrogen (secondary N) is 1. The molecule has 1 aromatic carbocycles. The van der Waals surface area contributed by atoms with Gasteiger partial charge in [-0.2, -0.15) is 8.78 Å². The van der Waals surface area contributed by atoms with E-state index in [2.05, 4.69) is 10.1 Å².